The average Bonchev–Trinajstić information content (AvgIpc) is 2.33. The highest BCUT2D eigenvalue weighted by Gasteiger charge is 2.17. The van der Waals surface area contributed by atoms with Gasteiger partial charge >= 0.3 is 0 Å². The van der Waals surface area contributed by atoms with E-state index in [1.807, 2.05) is 0 Å². The third kappa shape index (κ3) is 5.17. The number of sulfonamides is 1. The zero-order chi connectivity index (χ0) is 14.5. The molecule has 0 fully saturated rings. The monoisotopic (exact) mass is 306 g/mol. The number of anilines is 1. The van der Waals surface area contributed by atoms with E-state index in [-0.39, 0.29) is 23.6 Å². The lowest BCUT2D eigenvalue weighted by Gasteiger charge is -2.10. The summed E-state index contributed by atoms with van der Waals surface area (Å²) in [5, 5.41) is 2.80. The summed E-state index contributed by atoms with van der Waals surface area (Å²) in [6.45, 7) is 0.0907. The maximum atomic E-state index is 12.0. The fourth-order valence-corrected chi connectivity index (χ4v) is 3.48. The molecule has 0 aliphatic rings. The SMILES string of the molecule is CNc1ccccc1S(=O)(=O)NCCCS(C)(=O)=O. The first-order valence-corrected chi connectivity index (χ1v) is 9.25. The number of hydrogen-bond acceptors (Lipinski definition) is 5. The van der Waals surface area contributed by atoms with Gasteiger partial charge in [0.15, 0.2) is 0 Å². The van der Waals surface area contributed by atoms with Gasteiger partial charge in [-0.05, 0) is 18.6 Å². The summed E-state index contributed by atoms with van der Waals surface area (Å²) in [6.07, 6.45) is 1.37. The molecule has 0 aromatic heterocycles. The topological polar surface area (TPSA) is 92.3 Å². The second kappa shape index (κ2) is 6.36. The van der Waals surface area contributed by atoms with E-state index in [0.29, 0.717) is 5.69 Å². The zero-order valence-corrected chi connectivity index (χ0v) is 12.5. The van der Waals surface area contributed by atoms with Crippen LogP contribution in [0.2, 0.25) is 0 Å². The maximum Gasteiger partial charge on any atom is 0.242 e. The van der Waals surface area contributed by atoms with Crippen LogP contribution in [-0.4, -0.2) is 42.4 Å². The van der Waals surface area contributed by atoms with Crippen LogP contribution in [0.15, 0.2) is 29.2 Å². The van der Waals surface area contributed by atoms with Gasteiger partial charge in [0.2, 0.25) is 10.0 Å². The Morgan fingerprint density at radius 2 is 1.74 bits per heavy atom. The van der Waals surface area contributed by atoms with Crippen LogP contribution >= 0.6 is 0 Å². The summed E-state index contributed by atoms with van der Waals surface area (Å²) < 4.78 is 48.3. The minimum absolute atomic E-state index is 0.0385. The molecular weight excluding hydrogens is 288 g/mol. The minimum Gasteiger partial charge on any atom is -0.387 e. The molecule has 0 amide bonds. The molecule has 1 aromatic carbocycles. The van der Waals surface area contributed by atoms with Crippen molar-refractivity contribution in [3.05, 3.63) is 24.3 Å². The first kappa shape index (κ1) is 15.9. The normalized spacial score (nSPS) is 12.3. The largest absolute Gasteiger partial charge is 0.387 e. The molecule has 0 saturated carbocycles. The van der Waals surface area contributed by atoms with E-state index >= 15 is 0 Å². The number of benzene rings is 1. The van der Waals surface area contributed by atoms with Crippen LogP contribution in [0.1, 0.15) is 6.42 Å². The molecule has 0 spiro atoms. The predicted octanol–water partition coefficient (Wildman–Crippen LogP) is 0.441. The Hall–Kier alpha value is -1.12. The standard InChI is InChI=1S/C11H18N2O4S2/c1-12-10-6-3-4-7-11(10)19(16,17)13-8-5-9-18(2,14)15/h3-4,6-7,12-13H,5,8-9H2,1-2H3. The van der Waals surface area contributed by atoms with Gasteiger partial charge in [0.1, 0.15) is 14.7 Å². The Morgan fingerprint density at radius 1 is 1.11 bits per heavy atom. The summed E-state index contributed by atoms with van der Waals surface area (Å²) in [5.41, 5.74) is 0.498. The van der Waals surface area contributed by atoms with E-state index in [9.17, 15) is 16.8 Å². The molecule has 1 aromatic rings. The van der Waals surface area contributed by atoms with Crippen molar-refractivity contribution in [2.45, 2.75) is 11.3 Å². The Kier molecular flexibility index (Phi) is 5.33. The van der Waals surface area contributed by atoms with Gasteiger partial charge in [0, 0.05) is 19.8 Å². The average molecular weight is 306 g/mol. The smallest absolute Gasteiger partial charge is 0.242 e. The van der Waals surface area contributed by atoms with E-state index < -0.39 is 19.9 Å². The van der Waals surface area contributed by atoms with Gasteiger partial charge < -0.3 is 5.32 Å². The van der Waals surface area contributed by atoms with E-state index in [4.69, 9.17) is 0 Å². The second-order valence-electron chi connectivity index (χ2n) is 4.13. The highest BCUT2D eigenvalue weighted by molar-refractivity contribution is 7.90. The van der Waals surface area contributed by atoms with Gasteiger partial charge in [-0.3, -0.25) is 0 Å². The van der Waals surface area contributed by atoms with Crippen LogP contribution in [0.25, 0.3) is 0 Å². The highest BCUT2D eigenvalue weighted by atomic mass is 32.2. The van der Waals surface area contributed by atoms with Crippen molar-refractivity contribution in [3.8, 4) is 0 Å². The van der Waals surface area contributed by atoms with Crippen LogP contribution in [-0.2, 0) is 19.9 Å². The lowest BCUT2D eigenvalue weighted by molar-refractivity contribution is 0.577. The van der Waals surface area contributed by atoms with E-state index in [2.05, 4.69) is 10.0 Å². The molecule has 6 nitrogen and oxygen atoms in total. The third-order valence-electron chi connectivity index (χ3n) is 2.43. The van der Waals surface area contributed by atoms with Crippen LogP contribution in [0.3, 0.4) is 0 Å². The molecule has 0 radical (unpaired) electrons. The van der Waals surface area contributed by atoms with Crippen molar-refractivity contribution in [1.29, 1.82) is 0 Å². The van der Waals surface area contributed by atoms with Gasteiger partial charge in [-0.25, -0.2) is 21.6 Å². The van der Waals surface area contributed by atoms with Crippen molar-refractivity contribution < 1.29 is 16.8 Å². The summed E-state index contributed by atoms with van der Waals surface area (Å²) in [4.78, 5) is 0.150. The molecule has 2 N–H and O–H groups in total. The number of para-hydroxylation sites is 1. The minimum atomic E-state index is -3.63. The fourth-order valence-electron chi connectivity index (χ4n) is 1.53. The Labute approximate surface area is 114 Å². The predicted molar refractivity (Wildman–Crippen MR) is 75.5 cm³/mol. The van der Waals surface area contributed by atoms with Crippen LogP contribution in [0.5, 0.6) is 0 Å². The summed E-state index contributed by atoms with van der Waals surface area (Å²) in [7, 11) is -5.06. The number of sulfone groups is 1. The molecule has 0 unspecified atom stereocenters. The summed E-state index contributed by atoms with van der Waals surface area (Å²) >= 11 is 0. The molecule has 0 atom stereocenters. The van der Waals surface area contributed by atoms with E-state index in [0.717, 1.165) is 6.26 Å². The molecule has 0 aliphatic heterocycles. The highest BCUT2D eigenvalue weighted by Crippen LogP contribution is 2.19. The summed E-state index contributed by atoms with van der Waals surface area (Å²) in [6, 6.07) is 6.51. The molecule has 0 aliphatic carbocycles. The molecular formula is C11H18N2O4S2. The van der Waals surface area contributed by atoms with Crippen molar-refractivity contribution in [1.82, 2.24) is 4.72 Å². The molecule has 0 bridgehead atoms. The second-order valence-corrected chi connectivity index (χ2v) is 8.12. The number of hydrogen-bond donors (Lipinski definition) is 2. The zero-order valence-electron chi connectivity index (χ0n) is 10.9. The Morgan fingerprint density at radius 3 is 2.32 bits per heavy atom. The number of rotatable bonds is 7. The fraction of sp³-hybridized carbons (Fsp3) is 0.455. The van der Waals surface area contributed by atoms with E-state index in [1.165, 1.54) is 6.07 Å². The lowest BCUT2D eigenvalue weighted by Crippen LogP contribution is -2.26. The Bertz CT molecular complexity index is 624. The van der Waals surface area contributed by atoms with Gasteiger partial charge in [-0.2, -0.15) is 0 Å². The van der Waals surface area contributed by atoms with Gasteiger partial charge in [-0.15, -0.1) is 0 Å². The molecule has 108 valence electrons. The summed E-state index contributed by atoms with van der Waals surface area (Å²) in [5.74, 6) is -0.0385. The quantitative estimate of drug-likeness (QED) is 0.713. The third-order valence-corrected chi connectivity index (χ3v) is 4.98. The first-order chi connectivity index (χ1) is 8.76. The van der Waals surface area contributed by atoms with E-state index in [1.54, 1.807) is 25.2 Å². The van der Waals surface area contributed by atoms with Crippen molar-refractivity contribution >= 4 is 25.5 Å². The van der Waals surface area contributed by atoms with Gasteiger partial charge in [-0.1, -0.05) is 12.1 Å². The Balaban J connectivity index is 2.71. The van der Waals surface area contributed by atoms with Crippen molar-refractivity contribution in [2.75, 3.05) is 30.9 Å². The van der Waals surface area contributed by atoms with Crippen LogP contribution in [0, 0.1) is 0 Å². The molecule has 8 heteroatoms. The first-order valence-electron chi connectivity index (χ1n) is 5.70. The van der Waals surface area contributed by atoms with Crippen LogP contribution in [0.4, 0.5) is 5.69 Å². The number of nitrogens with one attached hydrogen (secondary N) is 2. The van der Waals surface area contributed by atoms with Crippen LogP contribution < -0.4 is 10.0 Å². The lowest BCUT2D eigenvalue weighted by atomic mass is 10.3. The molecule has 0 saturated heterocycles. The van der Waals surface area contributed by atoms with Gasteiger partial charge in [0.25, 0.3) is 0 Å². The van der Waals surface area contributed by atoms with Crippen molar-refractivity contribution in [2.24, 2.45) is 0 Å². The van der Waals surface area contributed by atoms with Gasteiger partial charge in [0.05, 0.1) is 11.4 Å². The molecule has 0 heterocycles. The maximum absolute atomic E-state index is 12.0. The van der Waals surface area contributed by atoms with Crippen molar-refractivity contribution in [3.63, 3.8) is 0 Å². The molecule has 19 heavy (non-hydrogen) atoms. The molecule has 1 rings (SSSR count).